The van der Waals surface area contributed by atoms with Crippen molar-refractivity contribution in [2.45, 2.75) is 168 Å². The van der Waals surface area contributed by atoms with Crippen molar-refractivity contribution in [3.63, 3.8) is 0 Å². The minimum atomic E-state index is -0.0783. The van der Waals surface area contributed by atoms with Gasteiger partial charge in [0.1, 0.15) is 0 Å². The van der Waals surface area contributed by atoms with Crippen LogP contribution in [0.15, 0.2) is 0 Å². The molecule has 0 aliphatic heterocycles. The van der Waals surface area contributed by atoms with E-state index in [1.54, 1.807) is 0 Å². The molecule has 0 saturated carbocycles. The van der Waals surface area contributed by atoms with E-state index in [1.165, 1.54) is 116 Å². The summed E-state index contributed by atoms with van der Waals surface area (Å²) in [6.07, 6.45) is 30.5. The summed E-state index contributed by atoms with van der Waals surface area (Å²) in [4.78, 5) is 0. The Kier molecular flexibility index (Phi) is 25.0. The molecule has 0 spiro atoms. The molecule has 0 aliphatic rings. The molecule has 4 heteroatoms. The van der Waals surface area contributed by atoms with Crippen LogP contribution in [0, 0.1) is 10.4 Å². The first-order valence-electron chi connectivity index (χ1n) is 16.4. The van der Waals surface area contributed by atoms with Gasteiger partial charge in [0.15, 0.2) is 0 Å². The molecule has 36 heavy (non-hydrogen) atoms. The molecular weight excluding hydrogens is 444 g/mol. The lowest BCUT2D eigenvalue weighted by Crippen LogP contribution is -2.39. The van der Waals surface area contributed by atoms with E-state index in [0.717, 1.165) is 64.7 Å². The third-order valence-electron chi connectivity index (χ3n) is 7.98. The Morgan fingerprint density at radius 1 is 0.306 bits per heavy atom. The fourth-order valence-electron chi connectivity index (χ4n) is 5.34. The van der Waals surface area contributed by atoms with E-state index >= 15 is 0 Å². The van der Waals surface area contributed by atoms with E-state index in [4.69, 9.17) is 0 Å². The van der Waals surface area contributed by atoms with E-state index in [1.807, 2.05) is 14.1 Å². The van der Waals surface area contributed by atoms with Gasteiger partial charge in [0.2, 0.25) is 0 Å². The third-order valence-corrected chi connectivity index (χ3v) is 7.98. The van der Waals surface area contributed by atoms with E-state index < -0.39 is 0 Å². The highest BCUT2D eigenvalue weighted by molar-refractivity contribution is 4.52. The SMILES string of the molecule is CCCCCCCCCCCC[N+](C)([O-])CCCCCC[N+](C)([O-])CCCCCCCCCCCC. The van der Waals surface area contributed by atoms with Gasteiger partial charge in [-0.25, -0.2) is 0 Å². The van der Waals surface area contributed by atoms with Crippen molar-refractivity contribution < 1.29 is 9.29 Å². The van der Waals surface area contributed by atoms with Crippen LogP contribution >= 0.6 is 0 Å². The molecule has 4 nitrogen and oxygen atoms in total. The Bertz CT molecular complexity index is 400. The lowest BCUT2D eigenvalue weighted by molar-refractivity contribution is -0.862. The maximum Gasteiger partial charge on any atom is 0.0781 e. The van der Waals surface area contributed by atoms with Crippen LogP contribution in [0.1, 0.15) is 168 Å². The molecule has 0 bridgehead atoms. The summed E-state index contributed by atoms with van der Waals surface area (Å²) in [6, 6.07) is 0. The van der Waals surface area contributed by atoms with Crippen molar-refractivity contribution in [1.29, 1.82) is 0 Å². The van der Waals surface area contributed by atoms with Gasteiger partial charge in [0.05, 0.1) is 40.3 Å². The minimum absolute atomic E-state index is 0.0783. The van der Waals surface area contributed by atoms with E-state index in [0.29, 0.717) is 0 Å². The molecule has 0 aromatic carbocycles. The monoisotopic (exact) mass is 513 g/mol. The number of hydrogen-bond donors (Lipinski definition) is 0. The number of quaternary nitrogens is 2. The number of nitrogens with zero attached hydrogens (tertiary/aromatic N) is 2. The quantitative estimate of drug-likeness (QED) is 0.0568. The van der Waals surface area contributed by atoms with Crippen molar-refractivity contribution in [2.75, 3.05) is 40.3 Å². The van der Waals surface area contributed by atoms with Crippen molar-refractivity contribution >= 4 is 0 Å². The predicted molar refractivity (Wildman–Crippen MR) is 161 cm³/mol. The molecule has 0 aromatic rings. The second-order valence-corrected chi connectivity index (χ2v) is 12.3. The number of unbranched alkanes of at least 4 members (excludes halogenated alkanes) is 21. The highest BCUT2D eigenvalue weighted by atomic mass is 16.5. The molecule has 0 heterocycles. The minimum Gasteiger partial charge on any atom is -0.633 e. The predicted octanol–water partition coefficient (Wildman–Crippen LogP) is 10.3. The van der Waals surface area contributed by atoms with Gasteiger partial charge in [-0.2, -0.15) is 0 Å². The molecule has 0 saturated heterocycles. The number of rotatable bonds is 29. The highest BCUT2D eigenvalue weighted by Crippen LogP contribution is 2.15. The topological polar surface area (TPSA) is 46.1 Å². The first-order valence-corrected chi connectivity index (χ1v) is 16.4. The third kappa shape index (κ3) is 26.9. The van der Waals surface area contributed by atoms with Crippen LogP contribution in [0.2, 0.25) is 0 Å². The summed E-state index contributed by atoms with van der Waals surface area (Å²) in [7, 11) is 3.71. The molecule has 0 amide bonds. The number of hydrogen-bond acceptors (Lipinski definition) is 2. The Labute approximate surface area is 227 Å². The van der Waals surface area contributed by atoms with Crippen LogP contribution in [0.3, 0.4) is 0 Å². The molecule has 2 unspecified atom stereocenters. The second-order valence-electron chi connectivity index (χ2n) is 12.3. The molecule has 0 N–H and O–H groups in total. The summed E-state index contributed by atoms with van der Waals surface area (Å²) in [5.74, 6) is 0. The molecule has 0 aromatic heterocycles. The Hall–Kier alpha value is -0.160. The van der Waals surface area contributed by atoms with Gasteiger partial charge in [-0.15, -0.1) is 0 Å². The van der Waals surface area contributed by atoms with Gasteiger partial charge in [-0.1, -0.05) is 117 Å². The zero-order chi connectivity index (χ0) is 26.8. The highest BCUT2D eigenvalue weighted by Gasteiger charge is 2.11. The molecule has 2 atom stereocenters. The Morgan fingerprint density at radius 3 is 0.667 bits per heavy atom. The average Bonchev–Trinajstić information content (AvgIpc) is 2.83. The first-order chi connectivity index (χ1) is 17.3. The van der Waals surface area contributed by atoms with Gasteiger partial charge in [-0.05, 0) is 51.4 Å². The summed E-state index contributed by atoms with van der Waals surface area (Å²) in [5, 5.41) is 25.4. The fourth-order valence-corrected chi connectivity index (χ4v) is 5.34. The van der Waals surface area contributed by atoms with Gasteiger partial charge in [0.25, 0.3) is 0 Å². The summed E-state index contributed by atoms with van der Waals surface area (Å²) in [5.41, 5.74) is 0. The molecule has 0 fully saturated rings. The van der Waals surface area contributed by atoms with Crippen molar-refractivity contribution in [2.24, 2.45) is 0 Å². The largest absolute Gasteiger partial charge is 0.633 e. The molecule has 0 aliphatic carbocycles. The van der Waals surface area contributed by atoms with Crippen molar-refractivity contribution in [3.05, 3.63) is 10.4 Å². The van der Waals surface area contributed by atoms with Crippen LogP contribution in [-0.2, 0) is 0 Å². The standard InChI is InChI=1S/C32H68N2O2/c1-5-7-9-11-13-15-17-19-21-25-29-33(3,35)31-27-23-24-28-32-34(4,36)30-26-22-20-18-16-14-12-10-8-6-2/h5-32H2,1-4H3. The Morgan fingerprint density at radius 2 is 0.472 bits per heavy atom. The van der Waals surface area contributed by atoms with E-state index in [9.17, 15) is 10.4 Å². The molecule has 0 radical (unpaired) electrons. The Balaban J connectivity index is 3.53. The normalized spacial score (nSPS) is 15.2. The second kappa shape index (κ2) is 25.1. The summed E-state index contributed by atoms with van der Waals surface area (Å²) in [6.45, 7) is 7.55. The van der Waals surface area contributed by atoms with Crippen LogP contribution in [0.4, 0.5) is 0 Å². The van der Waals surface area contributed by atoms with Crippen LogP contribution < -0.4 is 0 Å². The molecular formula is C32H68N2O2. The smallest absolute Gasteiger partial charge is 0.0781 e. The van der Waals surface area contributed by atoms with E-state index in [-0.39, 0.29) is 9.29 Å². The lowest BCUT2D eigenvalue weighted by Gasteiger charge is -2.39. The lowest BCUT2D eigenvalue weighted by atomic mass is 10.1. The van der Waals surface area contributed by atoms with E-state index in [2.05, 4.69) is 13.8 Å². The van der Waals surface area contributed by atoms with Crippen LogP contribution in [-0.4, -0.2) is 49.6 Å². The average molecular weight is 513 g/mol. The summed E-state index contributed by atoms with van der Waals surface area (Å²) >= 11 is 0. The van der Waals surface area contributed by atoms with Gasteiger partial charge in [-0.3, -0.25) is 0 Å². The maximum atomic E-state index is 12.7. The molecule has 0 rings (SSSR count). The maximum absolute atomic E-state index is 12.7. The molecule has 218 valence electrons. The van der Waals surface area contributed by atoms with Gasteiger partial charge in [0, 0.05) is 0 Å². The zero-order valence-electron chi connectivity index (χ0n) is 25.5. The van der Waals surface area contributed by atoms with Crippen molar-refractivity contribution in [1.82, 2.24) is 0 Å². The van der Waals surface area contributed by atoms with Crippen LogP contribution in [0.25, 0.3) is 0 Å². The summed E-state index contributed by atoms with van der Waals surface area (Å²) < 4.78 is -0.157. The van der Waals surface area contributed by atoms with Crippen molar-refractivity contribution in [3.8, 4) is 0 Å². The van der Waals surface area contributed by atoms with Crippen LogP contribution in [0.5, 0.6) is 0 Å². The zero-order valence-corrected chi connectivity index (χ0v) is 25.5. The fraction of sp³-hybridized carbons (Fsp3) is 1.00. The van der Waals surface area contributed by atoms with Gasteiger partial charge < -0.3 is 19.7 Å². The number of hydroxylamine groups is 6. The first kappa shape index (κ1) is 35.8. The van der Waals surface area contributed by atoms with Gasteiger partial charge >= 0.3 is 0 Å².